The standard InChI is InChI=1S/C13H12Cl5NO5/c1-3-19(4-2)7(20)13(18)11(9(23)24)10(16,8(21)22)5(14)6(15)12(11,13)17/h3-4H2,1-2H3,(H,21,22)(H,23,24). The molecule has 24 heavy (non-hydrogen) atoms. The van der Waals surface area contributed by atoms with Crippen LogP contribution in [-0.4, -0.2) is 60.7 Å². The minimum Gasteiger partial charge on any atom is -0.481 e. The highest BCUT2D eigenvalue weighted by atomic mass is 35.5. The van der Waals surface area contributed by atoms with Gasteiger partial charge in [0.1, 0.15) is 4.87 Å². The predicted molar refractivity (Wildman–Crippen MR) is 90.1 cm³/mol. The Labute approximate surface area is 162 Å². The number of fused-ring (bicyclic) bond motifs is 1. The monoisotopic (exact) mass is 437 g/mol. The maximum atomic E-state index is 12.9. The van der Waals surface area contributed by atoms with Gasteiger partial charge >= 0.3 is 11.9 Å². The predicted octanol–water partition coefficient (Wildman–Crippen LogP) is 2.66. The van der Waals surface area contributed by atoms with Crippen LogP contribution in [0, 0.1) is 5.41 Å². The van der Waals surface area contributed by atoms with Crippen molar-refractivity contribution in [3.05, 3.63) is 10.1 Å². The summed E-state index contributed by atoms with van der Waals surface area (Å²) >= 11 is 30.7. The van der Waals surface area contributed by atoms with Crippen LogP contribution in [0.3, 0.4) is 0 Å². The number of halogens is 5. The van der Waals surface area contributed by atoms with Crippen LogP contribution in [0.4, 0.5) is 0 Å². The van der Waals surface area contributed by atoms with Crippen LogP contribution in [0.25, 0.3) is 0 Å². The fourth-order valence-corrected chi connectivity index (χ4v) is 6.32. The normalized spacial score (nSPS) is 40.3. The summed E-state index contributed by atoms with van der Waals surface area (Å²) < 4.78 is 0. The summed E-state index contributed by atoms with van der Waals surface area (Å²) in [7, 11) is 0. The number of carbonyl (C=O) groups excluding carboxylic acids is 1. The number of alkyl halides is 3. The molecule has 2 aliphatic rings. The van der Waals surface area contributed by atoms with Gasteiger partial charge in [-0.3, -0.25) is 9.59 Å². The summed E-state index contributed by atoms with van der Waals surface area (Å²) in [5, 5.41) is 18.1. The van der Waals surface area contributed by atoms with Crippen LogP contribution in [0.5, 0.6) is 0 Å². The molecule has 2 N–H and O–H groups in total. The zero-order valence-electron chi connectivity index (χ0n) is 12.4. The molecule has 2 aliphatic carbocycles. The highest BCUT2D eigenvalue weighted by molar-refractivity contribution is 6.65. The molecule has 0 heterocycles. The van der Waals surface area contributed by atoms with Crippen molar-refractivity contribution in [3.63, 3.8) is 0 Å². The minimum absolute atomic E-state index is 0.198. The quantitative estimate of drug-likeness (QED) is 0.643. The summed E-state index contributed by atoms with van der Waals surface area (Å²) in [6.45, 7) is 3.68. The van der Waals surface area contributed by atoms with Gasteiger partial charge in [0, 0.05) is 13.1 Å². The van der Waals surface area contributed by atoms with E-state index in [4.69, 9.17) is 58.0 Å². The Morgan fingerprint density at radius 1 is 0.958 bits per heavy atom. The van der Waals surface area contributed by atoms with Crippen molar-refractivity contribution in [2.24, 2.45) is 5.41 Å². The third kappa shape index (κ3) is 1.60. The number of allylic oxidation sites excluding steroid dienone is 1. The number of aliphatic carboxylic acids is 2. The second-order valence-corrected chi connectivity index (χ2v) is 7.90. The third-order valence-corrected chi connectivity index (χ3v) is 8.17. The first kappa shape index (κ1) is 19.9. The Morgan fingerprint density at radius 2 is 1.42 bits per heavy atom. The van der Waals surface area contributed by atoms with Crippen LogP contribution < -0.4 is 0 Å². The van der Waals surface area contributed by atoms with E-state index >= 15 is 0 Å². The van der Waals surface area contributed by atoms with Crippen molar-refractivity contribution < 1.29 is 24.6 Å². The molecule has 1 fully saturated rings. The second-order valence-electron chi connectivity index (χ2n) is 5.44. The number of hydrogen-bond donors (Lipinski definition) is 2. The molecule has 6 nitrogen and oxygen atoms in total. The molecule has 0 saturated heterocycles. The maximum absolute atomic E-state index is 12.9. The van der Waals surface area contributed by atoms with Crippen LogP contribution in [0.15, 0.2) is 10.1 Å². The summed E-state index contributed by atoms with van der Waals surface area (Å²) in [4.78, 5) is 30.5. The average molecular weight is 440 g/mol. The average Bonchev–Trinajstić information content (AvgIpc) is 2.94. The van der Waals surface area contributed by atoms with E-state index in [-0.39, 0.29) is 13.1 Å². The number of nitrogens with zero attached hydrogens (tertiary/aromatic N) is 1. The van der Waals surface area contributed by atoms with Crippen LogP contribution in [-0.2, 0) is 14.4 Å². The summed E-state index contributed by atoms with van der Waals surface area (Å²) in [6.07, 6.45) is 0. The van der Waals surface area contributed by atoms with Crippen molar-refractivity contribution in [2.75, 3.05) is 13.1 Å². The highest BCUT2D eigenvalue weighted by Crippen LogP contribution is 2.87. The highest BCUT2D eigenvalue weighted by Gasteiger charge is 3.05. The van der Waals surface area contributed by atoms with Gasteiger partial charge in [0.05, 0.1) is 10.1 Å². The molecule has 134 valence electrons. The SMILES string of the molecule is CCN(CC)C(=O)C1(Cl)C2(Cl)C(Cl)=C(Cl)C(Cl)(C(=O)O)C12C(=O)O. The van der Waals surface area contributed by atoms with E-state index < -0.39 is 47.9 Å². The van der Waals surface area contributed by atoms with Crippen LogP contribution in [0.2, 0.25) is 0 Å². The lowest BCUT2D eigenvalue weighted by Gasteiger charge is -2.31. The molecule has 0 aliphatic heterocycles. The number of carboxylic acid groups (broad SMARTS) is 2. The Kier molecular flexibility index (Phi) is 4.60. The zero-order valence-corrected chi connectivity index (χ0v) is 16.2. The molecule has 0 aromatic rings. The molecule has 0 aromatic heterocycles. The van der Waals surface area contributed by atoms with E-state index in [2.05, 4.69) is 0 Å². The molecule has 0 bridgehead atoms. The lowest BCUT2D eigenvalue weighted by molar-refractivity contribution is -0.153. The Balaban J connectivity index is 2.83. The fourth-order valence-electron chi connectivity index (χ4n) is 3.48. The zero-order chi connectivity index (χ0) is 18.9. The molecule has 0 spiro atoms. The van der Waals surface area contributed by atoms with E-state index in [0.717, 1.165) is 0 Å². The Morgan fingerprint density at radius 3 is 1.75 bits per heavy atom. The van der Waals surface area contributed by atoms with E-state index in [1.54, 1.807) is 13.8 Å². The van der Waals surface area contributed by atoms with Crippen molar-refractivity contribution in [3.8, 4) is 0 Å². The molecule has 4 unspecified atom stereocenters. The lowest BCUT2D eigenvalue weighted by atomic mass is 9.86. The van der Waals surface area contributed by atoms with Gasteiger partial charge in [-0.1, -0.05) is 34.8 Å². The van der Waals surface area contributed by atoms with E-state index in [1.165, 1.54) is 4.90 Å². The van der Waals surface area contributed by atoms with Crippen LogP contribution in [0.1, 0.15) is 13.8 Å². The number of amides is 1. The van der Waals surface area contributed by atoms with Crippen molar-refractivity contribution in [1.82, 2.24) is 4.90 Å². The van der Waals surface area contributed by atoms with Gasteiger partial charge in [-0.2, -0.15) is 0 Å². The summed E-state index contributed by atoms with van der Waals surface area (Å²) in [5.41, 5.74) is -2.64. The third-order valence-electron chi connectivity index (χ3n) is 4.72. The Hall–Kier alpha value is -0.400. The van der Waals surface area contributed by atoms with Gasteiger partial charge in [0.15, 0.2) is 15.2 Å². The number of carboxylic acids is 2. The van der Waals surface area contributed by atoms with E-state index in [9.17, 15) is 24.6 Å². The van der Waals surface area contributed by atoms with E-state index in [1.807, 2.05) is 0 Å². The first-order valence-corrected chi connectivity index (χ1v) is 8.66. The topological polar surface area (TPSA) is 94.9 Å². The van der Waals surface area contributed by atoms with Gasteiger partial charge < -0.3 is 15.1 Å². The molecule has 1 saturated carbocycles. The molecular weight excluding hydrogens is 427 g/mol. The van der Waals surface area contributed by atoms with E-state index in [0.29, 0.717) is 0 Å². The van der Waals surface area contributed by atoms with Gasteiger partial charge in [-0.05, 0) is 13.8 Å². The summed E-state index contributed by atoms with van der Waals surface area (Å²) in [6, 6.07) is 0. The molecule has 2 rings (SSSR count). The maximum Gasteiger partial charge on any atom is 0.331 e. The first-order chi connectivity index (χ1) is 10.9. The minimum atomic E-state index is -2.77. The molecule has 4 atom stereocenters. The van der Waals surface area contributed by atoms with Crippen molar-refractivity contribution in [2.45, 2.75) is 28.5 Å². The van der Waals surface area contributed by atoms with Gasteiger partial charge in [-0.25, -0.2) is 4.79 Å². The van der Waals surface area contributed by atoms with Gasteiger partial charge in [0.2, 0.25) is 5.91 Å². The van der Waals surface area contributed by atoms with Crippen LogP contribution >= 0.6 is 58.0 Å². The van der Waals surface area contributed by atoms with Gasteiger partial charge in [-0.15, -0.1) is 23.2 Å². The second kappa shape index (κ2) is 5.55. The molecule has 0 radical (unpaired) electrons. The largest absolute Gasteiger partial charge is 0.481 e. The van der Waals surface area contributed by atoms with Crippen molar-refractivity contribution >= 4 is 75.9 Å². The smallest absolute Gasteiger partial charge is 0.331 e. The molecule has 11 heteroatoms. The number of rotatable bonds is 5. The van der Waals surface area contributed by atoms with Crippen molar-refractivity contribution in [1.29, 1.82) is 0 Å². The number of carbonyl (C=O) groups is 3. The molecule has 1 amide bonds. The fraction of sp³-hybridized carbons (Fsp3) is 0.615. The Bertz CT molecular complexity index is 694. The lowest BCUT2D eigenvalue weighted by Crippen LogP contribution is -2.53. The number of hydrogen-bond acceptors (Lipinski definition) is 3. The molecule has 0 aromatic carbocycles. The summed E-state index contributed by atoms with van der Waals surface area (Å²) in [5.74, 6) is -4.47. The van der Waals surface area contributed by atoms with Gasteiger partial charge in [0.25, 0.3) is 0 Å². The molecular formula is C13H12Cl5NO5. The first-order valence-electron chi connectivity index (χ1n) is 6.77.